The minimum absolute atomic E-state index is 0.119. The molecule has 5 heteroatoms. The van der Waals surface area contributed by atoms with Crippen LogP contribution in [0.5, 0.6) is 0 Å². The summed E-state index contributed by atoms with van der Waals surface area (Å²) in [6.45, 7) is 2.96. The van der Waals surface area contributed by atoms with E-state index in [0.717, 1.165) is 32.5 Å². The summed E-state index contributed by atoms with van der Waals surface area (Å²) in [5, 5.41) is 3.07. The molecule has 0 spiro atoms. The summed E-state index contributed by atoms with van der Waals surface area (Å²) < 4.78 is 0. The quantitative estimate of drug-likeness (QED) is 0.907. The second-order valence-electron chi connectivity index (χ2n) is 5.99. The Bertz CT molecular complexity index is 634. The van der Waals surface area contributed by atoms with Crippen LogP contribution in [0, 0.1) is 0 Å². The summed E-state index contributed by atoms with van der Waals surface area (Å²) >= 11 is 0. The van der Waals surface area contributed by atoms with E-state index in [-0.39, 0.29) is 11.9 Å². The molecule has 1 fully saturated rings. The van der Waals surface area contributed by atoms with Gasteiger partial charge in [-0.15, -0.1) is 0 Å². The van der Waals surface area contributed by atoms with Crippen molar-refractivity contribution < 1.29 is 4.79 Å². The van der Waals surface area contributed by atoms with Gasteiger partial charge in [0.25, 0.3) is 5.91 Å². The van der Waals surface area contributed by atoms with Crippen molar-refractivity contribution >= 4 is 11.6 Å². The smallest absolute Gasteiger partial charge is 0.270 e. The summed E-state index contributed by atoms with van der Waals surface area (Å²) in [6.07, 6.45) is 3.44. The van der Waals surface area contributed by atoms with E-state index in [0.29, 0.717) is 11.4 Å². The SMILES string of the molecule is Nc1ccc(C(=O)NC2CCN(Cc3ccccc3)CC2)nc1. The number of benzene rings is 1. The standard InChI is InChI=1S/C18H22N4O/c19-15-6-7-17(20-12-15)18(23)21-16-8-10-22(11-9-16)13-14-4-2-1-3-5-14/h1-7,12,16H,8-11,13,19H2,(H,21,23). The van der Waals surface area contributed by atoms with E-state index >= 15 is 0 Å². The third-order valence-electron chi connectivity index (χ3n) is 4.19. The predicted octanol–water partition coefficient (Wildman–Crippen LogP) is 2.06. The van der Waals surface area contributed by atoms with Crippen LogP contribution in [0.15, 0.2) is 48.7 Å². The Morgan fingerprint density at radius 2 is 1.91 bits per heavy atom. The normalized spacial score (nSPS) is 16.2. The van der Waals surface area contributed by atoms with Crippen LogP contribution >= 0.6 is 0 Å². The zero-order valence-corrected chi connectivity index (χ0v) is 13.1. The number of aromatic nitrogens is 1. The first-order chi connectivity index (χ1) is 11.2. The zero-order chi connectivity index (χ0) is 16.1. The summed E-state index contributed by atoms with van der Waals surface area (Å²) in [4.78, 5) is 18.7. The molecular weight excluding hydrogens is 288 g/mol. The Kier molecular flexibility index (Phi) is 4.88. The number of carbonyl (C=O) groups is 1. The molecule has 0 bridgehead atoms. The number of nitrogens with zero attached hydrogens (tertiary/aromatic N) is 2. The summed E-state index contributed by atoms with van der Waals surface area (Å²) in [6, 6.07) is 14.1. The highest BCUT2D eigenvalue weighted by molar-refractivity contribution is 5.92. The van der Waals surface area contributed by atoms with Crippen molar-refractivity contribution in [2.75, 3.05) is 18.8 Å². The highest BCUT2D eigenvalue weighted by atomic mass is 16.1. The maximum Gasteiger partial charge on any atom is 0.270 e. The van der Waals surface area contributed by atoms with Gasteiger partial charge < -0.3 is 11.1 Å². The van der Waals surface area contributed by atoms with Crippen LogP contribution in [0.1, 0.15) is 28.9 Å². The van der Waals surface area contributed by atoms with Crippen LogP contribution in [0.3, 0.4) is 0 Å². The van der Waals surface area contributed by atoms with Crippen LogP contribution in [0.4, 0.5) is 5.69 Å². The molecule has 1 aliphatic rings. The van der Waals surface area contributed by atoms with E-state index in [1.807, 2.05) is 6.07 Å². The largest absolute Gasteiger partial charge is 0.397 e. The maximum absolute atomic E-state index is 12.2. The highest BCUT2D eigenvalue weighted by Crippen LogP contribution is 2.14. The Labute approximate surface area is 136 Å². The molecule has 1 aromatic heterocycles. The maximum atomic E-state index is 12.2. The van der Waals surface area contributed by atoms with Crippen molar-refractivity contribution in [1.29, 1.82) is 0 Å². The summed E-state index contributed by atoms with van der Waals surface area (Å²) in [5.41, 5.74) is 7.91. The van der Waals surface area contributed by atoms with Crippen LogP contribution in [-0.2, 0) is 6.54 Å². The first-order valence-electron chi connectivity index (χ1n) is 7.99. The average Bonchev–Trinajstić information content (AvgIpc) is 2.58. The number of rotatable bonds is 4. The number of likely N-dealkylation sites (tertiary alicyclic amines) is 1. The Balaban J connectivity index is 1.47. The molecule has 0 atom stereocenters. The molecule has 3 rings (SSSR count). The molecule has 2 heterocycles. The molecule has 3 N–H and O–H groups in total. The average molecular weight is 310 g/mol. The van der Waals surface area contributed by atoms with Gasteiger partial charge in [0.05, 0.1) is 11.9 Å². The summed E-state index contributed by atoms with van der Waals surface area (Å²) in [5.74, 6) is -0.119. The van der Waals surface area contributed by atoms with Gasteiger partial charge in [0.15, 0.2) is 0 Å². The minimum atomic E-state index is -0.119. The minimum Gasteiger partial charge on any atom is -0.397 e. The lowest BCUT2D eigenvalue weighted by molar-refractivity contribution is 0.0904. The van der Waals surface area contributed by atoms with Crippen LogP contribution in [0.2, 0.25) is 0 Å². The zero-order valence-electron chi connectivity index (χ0n) is 13.1. The molecule has 1 saturated heterocycles. The van der Waals surface area contributed by atoms with Gasteiger partial charge in [0, 0.05) is 25.7 Å². The van der Waals surface area contributed by atoms with Gasteiger partial charge in [-0.25, -0.2) is 4.98 Å². The van der Waals surface area contributed by atoms with Crippen molar-refractivity contribution in [1.82, 2.24) is 15.2 Å². The van der Waals surface area contributed by atoms with Crippen LogP contribution < -0.4 is 11.1 Å². The molecular formula is C18H22N4O. The summed E-state index contributed by atoms with van der Waals surface area (Å²) in [7, 11) is 0. The van der Waals surface area contributed by atoms with Crippen molar-refractivity contribution in [2.45, 2.75) is 25.4 Å². The lowest BCUT2D eigenvalue weighted by Gasteiger charge is -2.32. The number of piperidine rings is 1. The first kappa shape index (κ1) is 15.5. The fourth-order valence-corrected chi connectivity index (χ4v) is 2.88. The second-order valence-corrected chi connectivity index (χ2v) is 5.99. The second kappa shape index (κ2) is 7.24. The molecule has 1 aromatic carbocycles. The molecule has 23 heavy (non-hydrogen) atoms. The van der Waals surface area contributed by atoms with E-state index < -0.39 is 0 Å². The van der Waals surface area contributed by atoms with Gasteiger partial charge in [0.1, 0.15) is 5.69 Å². The first-order valence-corrected chi connectivity index (χ1v) is 7.99. The highest BCUT2D eigenvalue weighted by Gasteiger charge is 2.21. The van der Waals surface area contributed by atoms with Gasteiger partial charge in [-0.1, -0.05) is 30.3 Å². The number of nitrogens with two attached hydrogens (primary N) is 1. The van der Waals surface area contributed by atoms with Gasteiger partial charge in [0.2, 0.25) is 0 Å². The third kappa shape index (κ3) is 4.29. The number of anilines is 1. The van der Waals surface area contributed by atoms with Gasteiger partial charge >= 0.3 is 0 Å². The molecule has 1 amide bonds. The molecule has 0 saturated carbocycles. The molecule has 120 valence electrons. The molecule has 1 aliphatic heterocycles. The van der Waals surface area contributed by atoms with E-state index in [2.05, 4.69) is 39.5 Å². The topological polar surface area (TPSA) is 71.2 Å². The van der Waals surface area contributed by atoms with Crippen molar-refractivity contribution in [3.8, 4) is 0 Å². The van der Waals surface area contributed by atoms with E-state index in [9.17, 15) is 4.79 Å². The number of nitrogens with one attached hydrogen (secondary N) is 1. The van der Waals surface area contributed by atoms with E-state index in [1.54, 1.807) is 12.1 Å². The number of nitrogen functional groups attached to an aromatic ring is 1. The van der Waals surface area contributed by atoms with Crippen LogP contribution in [-0.4, -0.2) is 34.9 Å². The van der Waals surface area contributed by atoms with E-state index in [1.165, 1.54) is 11.8 Å². The Morgan fingerprint density at radius 3 is 2.57 bits per heavy atom. The Morgan fingerprint density at radius 1 is 1.17 bits per heavy atom. The van der Waals surface area contributed by atoms with Crippen molar-refractivity contribution in [3.63, 3.8) is 0 Å². The molecule has 5 nitrogen and oxygen atoms in total. The number of amides is 1. The van der Waals surface area contributed by atoms with Crippen molar-refractivity contribution in [2.24, 2.45) is 0 Å². The fourth-order valence-electron chi connectivity index (χ4n) is 2.88. The van der Waals surface area contributed by atoms with Crippen LogP contribution in [0.25, 0.3) is 0 Å². The van der Waals surface area contributed by atoms with Gasteiger partial charge in [-0.05, 0) is 30.5 Å². The third-order valence-corrected chi connectivity index (χ3v) is 4.19. The number of hydrogen-bond donors (Lipinski definition) is 2. The van der Waals surface area contributed by atoms with Gasteiger partial charge in [-0.3, -0.25) is 9.69 Å². The lowest BCUT2D eigenvalue weighted by Crippen LogP contribution is -2.44. The van der Waals surface area contributed by atoms with Gasteiger partial charge in [-0.2, -0.15) is 0 Å². The number of hydrogen-bond acceptors (Lipinski definition) is 4. The van der Waals surface area contributed by atoms with Crippen molar-refractivity contribution in [3.05, 3.63) is 59.9 Å². The fraction of sp³-hybridized carbons (Fsp3) is 0.333. The predicted molar refractivity (Wildman–Crippen MR) is 90.9 cm³/mol. The number of pyridine rings is 1. The number of carbonyl (C=O) groups excluding carboxylic acids is 1. The molecule has 0 unspecified atom stereocenters. The lowest BCUT2D eigenvalue weighted by atomic mass is 10.0. The Hall–Kier alpha value is -2.40. The monoisotopic (exact) mass is 310 g/mol. The van der Waals surface area contributed by atoms with E-state index in [4.69, 9.17) is 5.73 Å². The molecule has 0 radical (unpaired) electrons. The molecule has 2 aromatic rings. The molecule has 0 aliphatic carbocycles.